The minimum Gasteiger partial charge on any atom is -0.352 e. The highest BCUT2D eigenvalue weighted by atomic mass is 35.5. The second kappa shape index (κ2) is 5.99. The molecule has 2 amide bonds. The molecule has 0 bridgehead atoms. The van der Waals surface area contributed by atoms with Crippen molar-refractivity contribution in [1.29, 1.82) is 0 Å². The third kappa shape index (κ3) is 2.93. The van der Waals surface area contributed by atoms with Crippen molar-refractivity contribution < 1.29 is 9.59 Å². The molecule has 0 aromatic heterocycles. The van der Waals surface area contributed by atoms with E-state index in [0.29, 0.717) is 33.4 Å². The van der Waals surface area contributed by atoms with E-state index in [2.05, 4.69) is 10.6 Å². The molecule has 0 radical (unpaired) electrons. The molecule has 0 aliphatic carbocycles. The highest BCUT2D eigenvalue weighted by molar-refractivity contribution is 6.42. The summed E-state index contributed by atoms with van der Waals surface area (Å²) >= 11 is 11.7. The minimum absolute atomic E-state index is 0.119. The van der Waals surface area contributed by atoms with Gasteiger partial charge < -0.3 is 10.6 Å². The molecule has 22 heavy (non-hydrogen) atoms. The van der Waals surface area contributed by atoms with E-state index in [0.717, 1.165) is 12.0 Å². The molecule has 6 heteroatoms. The molecule has 0 atom stereocenters. The standard InChI is InChI=1S/C16H12Cl2N2O2/c17-13-4-2-10(7-14(13)18)15(21)20-11-3-1-9-5-6-19-16(22)12(9)8-11/h1-4,7-8H,5-6H2,(H,19,22)(H,20,21). The van der Waals surface area contributed by atoms with E-state index >= 15 is 0 Å². The summed E-state index contributed by atoms with van der Waals surface area (Å²) < 4.78 is 0. The third-order valence-corrected chi connectivity index (χ3v) is 4.21. The van der Waals surface area contributed by atoms with Crippen LogP contribution in [0.2, 0.25) is 10.0 Å². The molecule has 3 rings (SSSR count). The van der Waals surface area contributed by atoms with E-state index in [1.165, 1.54) is 6.07 Å². The van der Waals surface area contributed by atoms with Gasteiger partial charge in [0.05, 0.1) is 10.0 Å². The van der Waals surface area contributed by atoms with Crippen LogP contribution in [0.3, 0.4) is 0 Å². The van der Waals surface area contributed by atoms with Gasteiger partial charge in [-0.25, -0.2) is 0 Å². The highest BCUT2D eigenvalue weighted by Gasteiger charge is 2.17. The van der Waals surface area contributed by atoms with Crippen LogP contribution in [0.5, 0.6) is 0 Å². The van der Waals surface area contributed by atoms with Crippen LogP contribution in [0.15, 0.2) is 36.4 Å². The van der Waals surface area contributed by atoms with Crippen LogP contribution in [0.4, 0.5) is 5.69 Å². The highest BCUT2D eigenvalue weighted by Crippen LogP contribution is 2.24. The second-order valence-corrected chi connectivity index (χ2v) is 5.78. The Labute approximate surface area is 137 Å². The van der Waals surface area contributed by atoms with Gasteiger partial charge in [0.15, 0.2) is 0 Å². The fourth-order valence-electron chi connectivity index (χ4n) is 2.33. The summed E-state index contributed by atoms with van der Waals surface area (Å²) in [4.78, 5) is 24.0. The molecule has 0 spiro atoms. The molecule has 2 N–H and O–H groups in total. The first-order valence-electron chi connectivity index (χ1n) is 6.72. The molecular weight excluding hydrogens is 323 g/mol. The summed E-state index contributed by atoms with van der Waals surface area (Å²) in [6.45, 7) is 0.640. The van der Waals surface area contributed by atoms with Gasteiger partial charge in [-0.1, -0.05) is 29.3 Å². The molecule has 2 aromatic rings. The van der Waals surface area contributed by atoms with Crippen LogP contribution in [0.25, 0.3) is 0 Å². The number of anilines is 1. The second-order valence-electron chi connectivity index (χ2n) is 4.96. The Morgan fingerprint density at radius 1 is 1.09 bits per heavy atom. The van der Waals surface area contributed by atoms with Crippen molar-refractivity contribution >= 4 is 40.7 Å². The van der Waals surface area contributed by atoms with Crippen LogP contribution >= 0.6 is 23.2 Å². The van der Waals surface area contributed by atoms with Crippen LogP contribution in [0, 0.1) is 0 Å². The average Bonchev–Trinajstić information content (AvgIpc) is 2.51. The zero-order valence-corrected chi connectivity index (χ0v) is 13.0. The lowest BCUT2D eigenvalue weighted by atomic mass is 10.00. The monoisotopic (exact) mass is 334 g/mol. The molecule has 0 saturated carbocycles. The molecule has 0 saturated heterocycles. The normalized spacial score (nSPS) is 13.3. The third-order valence-electron chi connectivity index (χ3n) is 3.47. The first-order valence-corrected chi connectivity index (χ1v) is 7.48. The van der Waals surface area contributed by atoms with Crippen LogP contribution in [-0.2, 0) is 6.42 Å². The van der Waals surface area contributed by atoms with Crippen molar-refractivity contribution in [2.45, 2.75) is 6.42 Å². The van der Waals surface area contributed by atoms with E-state index in [9.17, 15) is 9.59 Å². The van der Waals surface area contributed by atoms with Crippen molar-refractivity contribution in [3.05, 3.63) is 63.1 Å². The Morgan fingerprint density at radius 2 is 1.91 bits per heavy atom. The Hall–Kier alpha value is -2.04. The number of carbonyl (C=O) groups is 2. The molecule has 112 valence electrons. The van der Waals surface area contributed by atoms with Crippen LogP contribution in [0.1, 0.15) is 26.3 Å². The van der Waals surface area contributed by atoms with Gasteiger partial charge in [0.1, 0.15) is 0 Å². The van der Waals surface area contributed by atoms with Crippen molar-refractivity contribution in [2.75, 3.05) is 11.9 Å². The number of nitrogens with one attached hydrogen (secondary N) is 2. The predicted molar refractivity (Wildman–Crippen MR) is 86.9 cm³/mol. The number of rotatable bonds is 2. The maximum Gasteiger partial charge on any atom is 0.255 e. The Morgan fingerprint density at radius 3 is 2.68 bits per heavy atom. The lowest BCUT2D eigenvalue weighted by molar-refractivity contribution is 0.0944. The summed E-state index contributed by atoms with van der Waals surface area (Å²) in [5.74, 6) is -0.429. The number of carbonyl (C=O) groups excluding carboxylic acids is 2. The molecular formula is C16H12Cl2N2O2. The van der Waals surface area contributed by atoms with Gasteiger partial charge in [0.25, 0.3) is 11.8 Å². The van der Waals surface area contributed by atoms with Gasteiger partial charge in [-0.15, -0.1) is 0 Å². The molecule has 1 aliphatic heterocycles. The van der Waals surface area contributed by atoms with E-state index in [-0.39, 0.29) is 11.8 Å². The largest absolute Gasteiger partial charge is 0.352 e. The minimum atomic E-state index is -0.310. The maximum atomic E-state index is 12.2. The van der Waals surface area contributed by atoms with E-state index in [4.69, 9.17) is 23.2 Å². The van der Waals surface area contributed by atoms with Crippen molar-refractivity contribution in [3.63, 3.8) is 0 Å². The SMILES string of the molecule is O=C(Nc1ccc2c(c1)C(=O)NCC2)c1ccc(Cl)c(Cl)c1. The summed E-state index contributed by atoms with van der Waals surface area (Å²) in [7, 11) is 0. The van der Waals surface area contributed by atoms with Crippen LogP contribution in [-0.4, -0.2) is 18.4 Å². The lowest BCUT2D eigenvalue weighted by Gasteiger charge is -2.17. The van der Waals surface area contributed by atoms with Crippen LogP contribution < -0.4 is 10.6 Å². The topological polar surface area (TPSA) is 58.2 Å². The number of fused-ring (bicyclic) bond motifs is 1. The van der Waals surface area contributed by atoms with Gasteiger partial charge >= 0.3 is 0 Å². The average molecular weight is 335 g/mol. The number of halogens is 2. The fraction of sp³-hybridized carbons (Fsp3) is 0.125. The Bertz CT molecular complexity index is 775. The van der Waals surface area contributed by atoms with Gasteiger partial charge in [0, 0.05) is 23.4 Å². The van der Waals surface area contributed by atoms with Gasteiger partial charge in [-0.3, -0.25) is 9.59 Å². The van der Waals surface area contributed by atoms with Crippen molar-refractivity contribution in [1.82, 2.24) is 5.32 Å². The molecule has 1 heterocycles. The van der Waals surface area contributed by atoms with Crippen molar-refractivity contribution in [2.24, 2.45) is 0 Å². The maximum absolute atomic E-state index is 12.2. The van der Waals surface area contributed by atoms with Gasteiger partial charge in [-0.2, -0.15) is 0 Å². The number of amides is 2. The van der Waals surface area contributed by atoms with Gasteiger partial charge in [0.2, 0.25) is 0 Å². The quantitative estimate of drug-likeness (QED) is 0.882. The fourth-order valence-corrected chi connectivity index (χ4v) is 2.63. The van der Waals surface area contributed by atoms with E-state index in [1.54, 1.807) is 24.3 Å². The summed E-state index contributed by atoms with van der Waals surface area (Å²) in [5.41, 5.74) is 2.54. The molecule has 4 nitrogen and oxygen atoms in total. The number of hydrogen-bond acceptors (Lipinski definition) is 2. The first-order chi connectivity index (χ1) is 10.5. The number of benzene rings is 2. The molecule has 1 aliphatic rings. The predicted octanol–water partition coefficient (Wildman–Crippen LogP) is 3.53. The molecule has 0 fully saturated rings. The van der Waals surface area contributed by atoms with E-state index in [1.807, 2.05) is 6.07 Å². The summed E-state index contributed by atoms with van der Waals surface area (Å²) in [6, 6.07) is 9.99. The first kappa shape index (κ1) is 14.9. The molecule has 2 aromatic carbocycles. The zero-order valence-electron chi connectivity index (χ0n) is 11.5. The van der Waals surface area contributed by atoms with Crippen molar-refractivity contribution in [3.8, 4) is 0 Å². The smallest absolute Gasteiger partial charge is 0.255 e. The Kier molecular flexibility index (Phi) is 4.05. The zero-order chi connectivity index (χ0) is 15.7. The lowest BCUT2D eigenvalue weighted by Crippen LogP contribution is -2.31. The summed E-state index contributed by atoms with van der Waals surface area (Å²) in [5, 5.41) is 6.25. The summed E-state index contributed by atoms with van der Waals surface area (Å²) in [6.07, 6.45) is 0.794. The number of hydrogen-bond donors (Lipinski definition) is 2. The van der Waals surface area contributed by atoms with Gasteiger partial charge in [-0.05, 0) is 42.3 Å². The van der Waals surface area contributed by atoms with E-state index < -0.39 is 0 Å². The Balaban J connectivity index is 1.83. The molecule has 0 unspecified atom stereocenters.